The molecule has 2 amide bonds. The molecule has 0 aromatic heterocycles. The van der Waals surface area contributed by atoms with E-state index in [1.54, 1.807) is 0 Å². The van der Waals surface area contributed by atoms with Gasteiger partial charge in [0.15, 0.2) is 24.6 Å². The van der Waals surface area contributed by atoms with Crippen LogP contribution in [0.15, 0.2) is 0 Å². The molecule has 17 N–H and O–H groups in total. The minimum absolute atomic E-state index is 0.692. The largest absolute Gasteiger partial charge is 0.394 e. The lowest BCUT2D eigenvalue weighted by Gasteiger charge is -2.51. The van der Waals surface area contributed by atoms with Gasteiger partial charge in [0.1, 0.15) is 48.8 Å². The Balaban J connectivity index is 1.78. The third-order valence-electron chi connectivity index (χ3n) is 6.81. The summed E-state index contributed by atoms with van der Waals surface area (Å²) in [5, 5.41) is 83.1. The van der Waals surface area contributed by atoms with E-state index in [1.807, 2.05) is 5.32 Å². The molecule has 38 heavy (non-hydrogen) atoms. The predicted molar refractivity (Wildman–Crippen MR) is 119 cm³/mol. The van der Waals surface area contributed by atoms with E-state index in [2.05, 4.69) is 0 Å². The molecular formula is C19H37N5O14. The Hall–Kier alpha value is -1.37. The SMILES string of the molecule is NC(=O)N[C@]1(CO)O[C@H](OC2[C@@H](CO)O[C@@H](OC3[C@@H](CO)O[C@@H](O)[C@H](N)[C@H]3O)[C@H](N)[C@H]2O)[C@H](N)[C@@H](O)[C@@H]1O. The Morgan fingerprint density at radius 3 is 1.82 bits per heavy atom. The van der Waals surface area contributed by atoms with Gasteiger partial charge >= 0.3 is 6.03 Å². The van der Waals surface area contributed by atoms with Crippen molar-refractivity contribution in [3.8, 4) is 0 Å². The molecule has 3 rings (SSSR count). The zero-order valence-electron chi connectivity index (χ0n) is 20.0. The molecule has 3 heterocycles. The molecule has 222 valence electrons. The van der Waals surface area contributed by atoms with E-state index in [9.17, 15) is 45.6 Å². The molecule has 3 aliphatic rings. The predicted octanol–water partition coefficient (Wildman–Crippen LogP) is -8.68. The summed E-state index contributed by atoms with van der Waals surface area (Å²) in [6.07, 6.45) is -17.4. The van der Waals surface area contributed by atoms with Crippen LogP contribution in [-0.4, -0.2) is 158 Å². The molecule has 3 fully saturated rings. The van der Waals surface area contributed by atoms with Gasteiger partial charge < -0.3 is 92.8 Å². The van der Waals surface area contributed by atoms with Gasteiger partial charge in [-0.25, -0.2) is 4.79 Å². The molecule has 0 spiro atoms. The second kappa shape index (κ2) is 12.4. The number of ether oxygens (including phenoxy) is 5. The molecule has 0 radical (unpaired) electrons. The van der Waals surface area contributed by atoms with Crippen molar-refractivity contribution in [3.63, 3.8) is 0 Å². The number of aliphatic hydroxyl groups excluding tert-OH is 8. The zero-order chi connectivity index (χ0) is 28.5. The minimum atomic E-state index is -2.34. The number of rotatable bonds is 8. The van der Waals surface area contributed by atoms with E-state index in [1.165, 1.54) is 0 Å². The number of aliphatic hydroxyl groups is 8. The van der Waals surface area contributed by atoms with Crippen LogP contribution in [0.25, 0.3) is 0 Å². The van der Waals surface area contributed by atoms with Gasteiger partial charge in [0, 0.05) is 0 Å². The van der Waals surface area contributed by atoms with Crippen LogP contribution in [0.3, 0.4) is 0 Å². The number of primary amides is 1. The lowest BCUT2D eigenvalue weighted by atomic mass is 9.92. The van der Waals surface area contributed by atoms with Crippen molar-refractivity contribution in [2.24, 2.45) is 22.9 Å². The third kappa shape index (κ3) is 5.88. The molecule has 0 aromatic rings. The summed E-state index contributed by atoms with van der Waals surface area (Å²) < 4.78 is 27.5. The minimum Gasteiger partial charge on any atom is -0.394 e. The van der Waals surface area contributed by atoms with Crippen molar-refractivity contribution >= 4 is 6.03 Å². The Morgan fingerprint density at radius 1 is 0.789 bits per heavy atom. The number of carbonyl (C=O) groups is 1. The Labute approximate surface area is 215 Å². The first-order valence-corrected chi connectivity index (χ1v) is 11.7. The topological polar surface area (TPSA) is 341 Å². The summed E-state index contributed by atoms with van der Waals surface area (Å²) in [5.74, 6) is 0. The van der Waals surface area contributed by atoms with E-state index in [4.69, 9.17) is 46.6 Å². The standard InChI is InChI=1S/C19H37N5O14/c20-6-9(28)12(4(1-25)34-15(6)32)36-16-7(21)10(29)13(5(2-26)35-16)37-17-8(22)11(30)14(31)19(3-27,38-17)24-18(23)33/h4-17,25-32H,1-3,20-22H2,(H3,23,24,33)/t4-,5-,6-,7-,8-,9-,10-,11-,12?,13?,14+,15-,16+,17+,19-/m1/s1. The average Bonchev–Trinajstić information content (AvgIpc) is 2.89. The molecule has 15 atom stereocenters. The number of amides is 2. The van der Waals surface area contributed by atoms with Crippen molar-refractivity contribution < 1.29 is 69.3 Å². The molecule has 2 unspecified atom stereocenters. The van der Waals surface area contributed by atoms with Gasteiger partial charge in [-0.15, -0.1) is 0 Å². The van der Waals surface area contributed by atoms with Crippen molar-refractivity contribution in [2.45, 2.75) is 91.6 Å². The van der Waals surface area contributed by atoms with Crippen molar-refractivity contribution in [1.82, 2.24) is 5.32 Å². The van der Waals surface area contributed by atoms with Crippen LogP contribution >= 0.6 is 0 Å². The Kier molecular flexibility index (Phi) is 10.2. The molecule has 0 aromatic carbocycles. The highest BCUT2D eigenvalue weighted by molar-refractivity contribution is 5.72. The fraction of sp³-hybridized carbons (Fsp3) is 0.947. The first-order valence-electron chi connectivity index (χ1n) is 11.7. The molecule has 0 saturated carbocycles. The normalized spacial score (nSPS) is 50.0. The van der Waals surface area contributed by atoms with Crippen molar-refractivity contribution in [2.75, 3.05) is 19.8 Å². The second-order valence-electron chi connectivity index (χ2n) is 9.35. The fourth-order valence-corrected chi connectivity index (χ4v) is 4.56. The van der Waals surface area contributed by atoms with E-state index in [0.717, 1.165) is 0 Å². The van der Waals surface area contributed by atoms with Crippen molar-refractivity contribution in [1.29, 1.82) is 0 Å². The smallest absolute Gasteiger partial charge is 0.314 e. The van der Waals surface area contributed by atoms with E-state index < -0.39 is 117 Å². The van der Waals surface area contributed by atoms with Gasteiger partial charge in [0.25, 0.3) is 0 Å². The third-order valence-corrected chi connectivity index (χ3v) is 6.81. The summed E-state index contributed by atoms with van der Waals surface area (Å²) in [5.41, 5.74) is 20.4. The first kappa shape index (κ1) is 31.2. The highest BCUT2D eigenvalue weighted by Crippen LogP contribution is 2.33. The zero-order valence-corrected chi connectivity index (χ0v) is 20.0. The number of urea groups is 1. The molecule has 0 aliphatic carbocycles. The van der Waals surface area contributed by atoms with Gasteiger partial charge in [-0.05, 0) is 0 Å². The maximum absolute atomic E-state index is 11.4. The van der Waals surface area contributed by atoms with Gasteiger partial charge in [-0.1, -0.05) is 0 Å². The molecule has 19 heteroatoms. The van der Waals surface area contributed by atoms with Gasteiger partial charge in [-0.3, -0.25) is 0 Å². The van der Waals surface area contributed by atoms with E-state index in [-0.39, 0.29) is 0 Å². The maximum atomic E-state index is 11.4. The van der Waals surface area contributed by atoms with Crippen LogP contribution in [0.4, 0.5) is 4.79 Å². The molecule has 3 saturated heterocycles. The molecular weight excluding hydrogens is 522 g/mol. The number of hydrogen-bond acceptors (Lipinski definition) is 17. The van der Waals surface area contributed by atoms with Crippen LogP contribution in [0.5, 0.6) is 0 Å². The van der Waals surface area contributed by atoms with E-state index in [0.29, 0.717) is 0 Å². The number of nitrogens with one attached hydrogen (secondary N) is 1. The van der Waals surface area contributed by atoms with Crippen molar-refractivity contribution in [3.05, 3.63) is 0 Å². The van der Waals surface area contributed by atoms with Crippen LogP contribution in [0.2, 0.25) is 0 Å². The van der Waals surface area contributed by atoms with Crippen LogP contribution in [0.1, 0.15) is 0 Å². The fourth-order valence-electron chi connectivity index (χ4n) is 4.56. The van der Waals surface area contributed by atoms with Gasteiger partial charge in [0.2, 0.25) is 0 Å². The lowest BCUT2D eigenvalue weighted by Crippen LogP contribution is -2.75. The van der Waals surface area contributed by atoms with Crippen LogP contribution < -0.4 is 28.3 Å². The Morgan fingerprint density at radius 2 is 1.29 bits per heavy atom. The quantitative estimate of drug-likeness (QED) is 0.131. The average molecular weight is 560 g/mol. The summed E-state index contributed by atoms with van der Waals surface area (Å²) in [4.78, 5) is 11.4. The first-order chi connectivity index (χ1) is 17.8. The summed E-state index contributed by atoms with van der Waals surface area (Å²) in [6, 6.07) is -5.47. The molecule has 0 bridgehead atoms. The van der Waals surface area contributed by atoms with Gasteiger partial charge in [-0.2, -0.15) is 0 Å². The number of hydrogen-bond donors (Lipinski definition) is 13. The van der Waals surface area contributed by atoms with Crippen LogP contribution in [0, 0.1) is 0 Å². The maximum Gasteiger partial charge on any atom is 0.314 e. The lowest BCUT2D eigenvalue weighted by molar-refractivity contribution is -0.362. The molecule has 3 aliphatic heterocycles. The van der Waals surface area contributed by atoms with E-state index >= 15 is 0 Å². The monoisotopic (exact) mass is 559 g/mol. The number of carbonyl (C=O) groups excluding carboxylic acids is 1. The summed E-state index contributed by atoms with van der Waals surface area (Å²) in [7, 11) is 0. The summed E-state index contributed by atoms with van der Waals surface area (Å²) >= 11 is 0. The second-order valence-corrected chi connectivity index (χ2v) is 9.35. The molecule has 19 nitrogen and oxygen atoms in total. The summed E-state index contributed by atoms with van der Waals surface area (Å²) in [6.45, 7) is -2.56. The number of nitrogens with two attached hydrogens (primary N) is 4. The highest BCUT2D eigenvalue weighted by atomic mass is 16.7. The Bertz CT molecular complexity index is 799. The van der Waals surface area contributed by atoms with Gasteiger partial charge in [0.05, 0.1) is 37.9 Å². The highest BCUT2D eigenvalue weighted by Gasteiger charge is 2.56. The van der Waals surface area contributed by atoms with Crippen LogP contribution in [-0.2, 0) is 23.7 Å².